The van der Waals surface area contributed by atoms with Crippen molar-refractivity contribution in [3.05, 3.63) is 99.1 Å². The molecule has 0 radical (unpaired) electrons. The van der Waals surface area contributed by atoms with Crippen LogP contribution in [0.5, 0.6) is 0 Å². The zero-order chi connectivity index (χ0) is 22.8. The van der Waals surface area contributed by atoms with Gasteiger partial charge in [0, 0.05) is 0 Å². The van der Waals surface area contributed by atoms with Gasteiger partial charge in [-0.3, -0.25) is 0 Å². The molecule has 0 N–H and O–H groups in total. The van der Waals surface area contributed by atoms with Gasteiger partial charge in [0.25, 0.3) is 0 Å². The second-order valence-electron chi connectivity index (χ2n) is 7.60. The fourth-order valence-corrected chi connectivity index (χ4v) is 8.75. The molecule has 0 amide bonds. The first-order valence-electron chi connectivity index (χ1n) is 10.9. The van der Waals surface area contributed by atoms with Gasteiger partial charge in [-0.2, -0.15) is 0 Å². The molecule has 0 spiro atoms. The van der Waals surface area contributed by atoms with E-state index in [1.165, 1.54) is 31.2 Å². The second kappa shape index (κ2) is 12.2. The van der Waals surface area contributed by atoms with Crippen LogP contribution in [0.15, 0.2) is 83.8 Å². The molecule has 0 aliphatic rings. The van der Waals surface area contributed by atoms with Crippen LogP contribution in [0.3, 0.4) is 0 Å². The summed E-state index contributed by atoms with van der Waals surface area (Å²) in [5.41, 5.74) is 3.18. The first-order chi connectivity index (χ1) is 15.5. The van der Waals surface area contributed by atoms with Gasteiger partial charge in [-0.25, -0.2) is 0 Å². The van der Waals surface area contributed by atoms with E-state index in [4.69, 9.17) is 2.51 Å². The molecule has 0 saturated carbocycles. The molecule has 0 aliphatic heterocycles. The number of unbranched alkanes of at least 4 members (excludes halogenated alkanes) is 3. The summed E-state index contributed by atoms with van der Waals surface area (Å²) in [5, 5.41) is 0. The molecule has 0 saturated heterocycles. The molecule has 0 fully saturated rings. The Morgan fingerprint density at radius 3 is 2.19 bits per heavy atom. The summed E-state index contributed by atoms with van der Waals surface area (Å²) in [6.07, 6.45) is 6.06. The van der Waals surface area contributed by atoms with Crippen molar-refractivity contribution >= 4 is 30.4 Å². The number of halogens is 1. The van der Waals surface area contributed by atoms with Crippen LogP contribution in [-0.4, -0.2) is 8.42 Å². The second-order valence-corrected chi connectivity index (χ2v) is 13.4. The van der Waals surface area contributed by atoms with Crippen molar-refractivity contribution in [2.75, 3.05) is 0 Å². The standard InChI is InChI=1S/C27H29IO3S/c1-3-4-5-7-10-24-15-17-25(18-16-24)21-22-28(26-11-8-6-9-12-26)31-32(29,30)27-19-13-23(2)14-20-27/h6,8-9,11-20H,3-5,7,10H2,1-2H3. The zero-order valence-electron chi connectivity index (χ0n) is 18.6. The van der Waals surface area contributed by atoms with E-state index in [-0.39, 0.29) is 4.90 Å². The van der Waals surface area contributed by atoms with E-state index in [0.29, 0.717) is 0 Å². The van der Waals surface area contributed by atoms with Gasteiger partial charge >= 0.3 is 201 Å². The molecule has 5 heteroatoms. The summed E-state index contributed by atoms with van der Waals surface area (Å²) in [7, 11) is -3.88. The monoisotopic (exact) mass is 560 g/mol. The van der Waals surface area contributed by atoms with Crippen LogP contribution in [0.4, 0.5) is 0 Å². The van der Waals surface area contributed by atoms with Gasteiger partial charge in [0.05, 0.1) is 0 Å². The summed E-state index contributed by atoms with van der Waals surface area (Å²) in [5.74, 6) is 3.16. The van der Waals surface area contributed by atoms with Gasteiger partial charge in [0.1, 0.15) is 0 Å². The summed E-state index contributed by atoms with van der Waals surface area (Å²) in [6.45, 7) is 4.14. The number of rotatable bonds is 9. The Hall–Kier alpha value is -2.14. The SMILES string of the molecule is CCCCCCc1ccc(C#CI(OS(=O)(=O)c2ccc(C)cc2)c2ccccc2)cc1. The van der Waals surface area contributed by atoms with E-state index in [0.717, 1.165) is 21.1 Å². The third-order valence-corrected chi connectivity index (χ3v) is 11.2. The van der Waals surface area contributed by atoms with E-state index in [2.05, 4.69) is 28.9 Å². The van der Waals surface area contributed by atoms with Crippen LogP contribution in [0.25, 0.3) is 0 Å². The Kier molecular flexibility index (Phi) is 9.34. The fourth-order valence-electron chi connectivity index (χ4n) is 3.07. The van der Waals surface area contributed by atoms with Crippen molar-refractivity contribution in [3.63, 3.8) is 0 Å². The molecule has 0 atom stereocenters. The molecule has 168 valence electrons. The van der Waals surface area contributed by atoms with E-state index in [1.54, 1.807) is 24.3 Å². The topological polar surface area (TPSA) is 43.4 Å². The van der Waals surface area contributed by atoms with Crippen molar-refractivity contribution in [1.82, 2.24) is 0 Å². The molecule has 3 aromatic rings. The maximum absolute atomic E-state index is 12.9. The van der Waals surface area contributed by atoms with Crippen molar-refractivity contribution in [1.29, 1.82) is 0 Å². The molecule has 0 aromatic heterocycles. The van der Waals surface area contributed by atoms with Gasteiger partial charge in [-0.05, 0) is 0 Å². The van der Waals surface area contributed by atoms with Gasteiger partial charge in [0.15, 0.2) is 0 Å². The van der Waals surface area contributed by atoms with E-state index < -0.39 is 30.4 Å². The summed E-state index contributed by atoms with van der Waals surface area (Å²) in [4.78, 5) is 0.163. The van der Waals surface area contributed by atoms with E-state index in [9.17, 15) is 8.42 Å². The third-order valence-electron chi connectivity index (χ3n) is 4.94. The minimum absolute atomic E-state index is 0.163. The van der Waals surface area contributed by atoms with E-state index >= 15 is 0 Å². The number of hydrogen-bond donors (Lipinski definition) is 0. The molecule has 0 unspecified atom stereocenters. The quantitative estimate of drug-likeness (QED) is 0.159. The van der Waals surface area contributed by atoms with Crippen LogP contribution < -0.4 is 0 Å². The fraction of sp³-hybridized carbons (Fsp3) is 0.259. The number of benzene rings is 3. The molecule has 3 rings (SSSR count). The Morgan fingerprint density at radius 1 is 0.844 bits per heavy atom. The average Bonchev–Trinajstić information content (AvgIpc) is 2.81. The Bertz CT molecular complexity index is 1140. The number of hydrogen-bond acceptors (Lipinski definition) is 3. The van der Waals surface area contributed by atoms with Crippen LogP contribution in [0.2, 0.25) is 0 Å². The van der Waals surface area contributed by atoms with Gasteiger partial charge in [-0.15, -0.1) is 0 Å². The van der Waals surface area contributed by atoms with Crippen molar-refractivity contribution in [3.8, 4) is 9.85 Å². The van der Waals surface area contributed by atoms with Crippen LogP contribution in [0, 0.1) is 20.3 Å². The molecule has 32 heavy (non-hydrogen) atoms. The molecular weight excluding hydrogens is 531 g/mol. The van der Waals surface area contributed by atoms with E-state index in [1.807, 2.05) is 49.4 Å². The first kappa shape index (κ1) is 24.5. The Morgan fingerprint density at radius 2 is 1.53 bits per heavy atom. The zero-order valence-corrected chi connectivity index (χ0v) is 21.5. The predicted octanol–water partition coefficient (Wildman–Crippen LogP) is 7.12. The predicted molar refractivity (Wildman–Crippen MR) is 140 cm³/mol. The normalized spacial score (nSPS) is 11.5. The maximum atomic E-state index is 12.9. The molecule has 0 bridgehead atoms. The van der Waals surface area contributed by atoms with Crippen LogP contribution in [-0.2, 0) is 19.1 Å². The minimum atomic E-state index is -3.88. The molecule has 3 aromatic carbocycles. The van der Waals surface area contributed by atoms with Gasteiger partial charge < -0.3 is 0 Å². The first-order valence-corrected chi connectivity index (χ1v) is 15.3. The van der Waals surface area contributed by atoms with Gasteiger partial charge in [0.2, 0.25) is 0 Å². The van der Waals surface area contributed by atoms with Crippen molar-refractivity contribution in [2.24, 2.45) is 0 Å². The summed E-state index contributed by atoms with van der Waals surface area (Å²) in [6, 6.07) is 24.4. The molecular formula is C27H29IO3S. The molecule has 0 aliphatic carbocycles. The molecule has 0 heterocycles. The van der Waals surface area contributed by atoms with Crippen LogP contribution >= 0.6 is 20.2 Å². The van der Waals surface area contributed by atoms with Crippen LogP contribution in [0.1, 0.15) is 49.3 Å². The summed E-state index contributed by atoms with van der Waals surface area (Å²) < 4.78 is 35.5. The Labute approximate surface area is 200 Å². The van der Waals surface area contributed by atoms with Gasteiger partial charge in [-0.1, -0.05) is 0 Å². The summed E-state index contributed by atoms with van der Waals surface area (Å²) >= 11 is -2.77. The molecule has 3 nitrogen and oxygen atoms in total. The number of aryl methyl sites for hydroxylation is 2. The van der Waals surface area contributed by atoms with Crippen molar-refractivity contribution < 1.29 is 10.9 Å². The average molecular weight is 560 g/mol. The Balaban J connectivity index is 1.78. The van der Waals surface area contributed by atoms with Crippen molar-refractivity contribution in [2.45, 2.75) is 50.8 Å². The third kappa shape index (κ3) is 7.47.